The average Bonchev–Trinajstić information content (AvgIpc) is 2.67. The van der Waals surface area contributed by atoms with Gasteiger partial charge in [0, 0.05) is 17.0 Å². The van der Waals surface area contributed by atoms with Crippen molar-refractivity contribution in [2.75, 3.05) is 0 Å². The maximum atomic E-state index is 13.2. The fraction of sp³-hybridized carbons (Fsp3) is 0.0455. The van der Waals surface area contributed by atoms with E-state index < -0.39 is 0 Å². The normalized spacial score (nSPS) is 10.8. The summed E-state index contributed by atoms with van der Waals surface area (Å²) in [7, 11) is 0. The molecule has 0 bridgehead atoms. The molecule has 0 aliphatic carbocycles. The van der Waals surface area contributed by atoms with Crippen molar-refractivity contribution in [3.05, 3.63) is 96.3 Å². The molecular formula is C22H16FNO. The number of nitrogens with zero attached hydrogens (tertiary/aromatic N) is 1. The third-order valence-corrected chi connectivity index (χ3v) is 4.06. The molecule has 3 aromatic carbocycles. The molecule has 1 aromatic heterocycles. The average molecular weight is 329 g/mol. The molecule has 0 fully saturated rings. The summed E-state index contributed by atoms with van der Waals surface area (Å²) in [4.78, 5) is 4.69. The van der Waals surface area contributed by atoms with Gasteiger partial charge < -0.3 is 4.74 Å². The molecule has 0 atom stereocenters. The van der Waals surface area contributed by atoms with Gasteiger partial charge in [0.15, 0.2) is 0 Å². The quantitative estimate of drug-likeness (QED) is 0.485. The summed E-state index contributed by atoms with van der Waals surface area (Å²) in [6.45, 7) is 0.484. The minimum absolute atomic E-state index is 0.259. The van der Waals surface area contributed by atoms with Crippen LogP contribution in [0.1, 0.15) is 5.56 Å². The zero-order chi connectivity index (χ0) is 17.1. The lowest BCUT2D eigenvalue weighted by atomic mass is 10.1. The van der Waals surface area contributed by atoms with E-state index in [0.29, 0.717) is 6.61 Å². The van der Waals surface area contributed by atoms with Crippen molar-refractivity contribution in [1.82, 2.24) is 4.98 Å². The van der Waals surface area contributed by atoms with Crippen molar-refractivity contribution in [2.24, 2.45) is 0 Å². The van der Waals surface area contributed by atoms with Crippen LogP contribution in [0.15, 0.2) is 84.9 Å². The van der Waals surface area contributed by atoms with Crippen LogP contribution in [0.2, 0.25) is 0 Å². The molecule has 0 aliphatic rings. The van der Waals surface area contributed by atoms with E-state index in [1.165, 1.54) is 12.1 Å². The Hall–Kier alpha value is -3.20. The maximum absolute atomic E-state index is 13.2. The first-order valence-electron chi connectivity index (χ1n) is 8.12. The molecule has 0 aliphatic heterocycles. The van der Waals surface area contributed by atoms with Gasteiger partial charge in [-0.2, -0.15) is 0 Å². The number of pyridine rings is 1. The van der Waals surface area contributed by atoms with Crippen LogP contribution in [-0.2, 0) is 6.61 Å². The van der Waals surface area contributed by atoms with Gasteiger partial charge in [-0.15, -0.1) is 0 Å². The second kappa shape index (κ2) is 6.73. The number of aromatic nitrogens is 1. The lowest BCUT2D eigenvalue weighted by Gasteiger charge is -2.12. The minimum Gasteiger partial charge on any atom is -0.488 e. The van der Waals surface area contributed by atoms with Crippen LogP contribution in [0.4, 0.5) is 4.39 Å². The first kappa shape index (κ1) is 15.3. The summed E-state index contributed by atoms with van der Waals surface area (Å²) in [5, 5.41) is 0.962. The number of benzene rings is 3. The van der Waals surface area contributed by atoms with Crippen molar-refractivity contribution in [3.8, 4) is 17.0 Å². The Kier molecular flexibility index (Phi) is 4.13. The summed E-state index contributed by atoms with van der Waals surface area (Å²) in [5.41, 5.74) is 3.58. The summed E-state index contributed by atoms with van der Waals surface area (Å²) < 4.78 is 19.3. The molecule has 1 heterocycles. The van der Waals surface area contributed by atoms with E-state index in [-0.39, 0.29) is 5.82 Å². The van der Waals surface area contributed by atoms with E-state index in [1.807, 2.05) is 60.7 Å². The van der Waals surface area contributed by atoms with E-state index in [2.05, 4.69) is 4.98 Å². The molecule has 25 heavy (non-hydrogen) atoms. The molecular weight excluding hydrogens is 313 g/mol. The Labute approximate surface area is 145 Å². The van der Waals surface area contributed by atoms with E-state index >= 15 is 0 Å². The van der Waals surface area contributed by atoms with Gasteiger partial charge in [-0.1, -0.05) is 42.5 Å². The van der Waals surface area contributed by atoms with Crippen LogP contribution in [-0.4, -0.2) is 4.98 Å². The standard InChI is InChI=1S/C22H16FNO/c23-18-12-10-17(11-13-18)21-14-22(19-8-4-5-9-20(19)24-21)25-15-16-6-2-1-3-7-16/h1-14H,15H2. The molecule has 0 unspecified atom stereocenters. The number of ether oxygens (including phenoxy) is 1. The molecule has 122 valence electrons. The van der Waals surface area contributed by atoms with E-state index in [9.17, 15) is 4.39 Å². The second-order valence-electron chi connectivity index (χ2n) is 5.80. The molecule has 0 saturated heterocycles. The molecule has 0 saturated carbocycles. The van der Waals surface area contributed by atoms with Crippen LogP contribution in [0.5, 0.6) is 5.75 Å². The predicted octanol–water partition coefficient (Wildman–Crippen LogP) is 5.62. The number of fused-ring (bicyclic) bond motifs is 1. The van der Waals surface area contributed by atoms with Crippen molar-refractivity contribution < 1.29 is 9.13 Å². The molecule has 0 amide bonds. The number of rotatable bonds is 4. The fourth-order valence-corrected chi connectivity index (χ4v) is 2.77. The third kappa shape index (κ3) is 3.36. The van der Waals surface area contributed by atoms with E-state index in [1.54, 1.807) is 12.1 Å². The zero-order valence-electron chi connectivity index (χ0n) is 13.5. The predicted molar refractivity (Wildman–Crippen MR) is 97.9 cm³/mol. The molecule has 4 aromatic rings. The first-order valence-corrected chi connectivity index (χ1v) is 8.12. The highest BCUT2D eigenvalue weighted by atomic mass is 19.1. The lowest BCUT2D eigenvalue weighted by molar-refractivity contribution is 0.310. The van der Waals surface area contributed by atoms with Gasteiger partial charge in [-0.05, 0) is 42.0 Å². The maximum Gasteiger partial charge on any atom is 0.131 e. The van der Waals surface area contributed by atoms with Crippen LogP contribution in [0.3, 0.4) is 0 Å². The number of hydrogen-bond acceptors (Lipinski definition) is 2. The highest BCUT2D eigenvalue weighted by Gasteiger charge is 2.09. The van der Waals surface area contributed by atoms with Gasteiger partial charge in [0.2, 0.25) is 0 Å². The largest absolute Gasteiger partial charge is 0.488 e. The highest BCUT2D eigenvalue weighted by molar-refractivity contribution is 5.87. The van der Waals surface area contributed by atoms with Gasteiger partial charge >= 0.3 is 0 Å². The van der Waals surface area contributed by atoms with Gasteiger partial charge in [0.05, 0.1) is 11.2 Å². The Morgan fingerprint density at radius 1 is 0.800 bits per heavy atom. The van der Waals surface area contributed by atoms with Crippen LogP contribution >= 0.6 is 0 Å². The van der Waals surface area contributed by atoms with Crippen LogP contribution in [0, 0.1) is 5.82 Å². The molecule has 0 N–H and O–H groups in total. The van der Waals surface area contributed by atoms with Gasteiger partial charge in [-0.25, -0.2) is 9.37 Å². The fourth-order valence-electron chi connectivity index (χ4n) is 2.77. The van der Waals surface area contributed by atoms with E-state index in [0.717, 1.165) is 33.5 Å². The molecule has 4 rings (SSSR count). The third-order valence-electron chi connectivity index (χ3n) is 4.06. The number of hydrogen-bond donors (Lipinski definition) is 0. The van der Waals surface area contributed by atoms with Gasteiger partial charge in [0.1, 0.15) is 18.2 Å². The smallest absolute Gasteiger partial charge is 0.131 e. The lowest BCUT2D eigenvalue weighted by Crippen LogP contribution is -1.97. The molecule has 2 nitrogen and oxygen atoms in total. The Bertz CT molecular complexity index is 997. The molecule has 0 spiro atoms. The number of halogens is 1. The van der Waals surface area contributed by atoms with Gasteiger partial charge in [-0.3, -0.25) is 0 Å². The van der Waals surface area contributed by atoms with E-state index in [4.69, 9.17) is 4.74 Å². The Morgan fingerprint density at radius 2 is 1.52 bits per heavy atom. The van der Waals surface area contributed by atoms with Crippen molar-refractivity contribution in [1.29, 1.82) is 0 Å². The molecule has 3 heteroatoms. The first-order chi connectivity index (χ1) is 12.3. The SMILES string of the molecule is Fc1ccc(-c2cc(OCc3ccccc3)c3ccccc3n2)cc1. The van der Waals surface area contributed by atoms with Gasteiger partial charge in [0.25, 0.3) is 0 Å². The summed E-state index contributed by atoms with van der Waals surface area (Å²) in [6.07, 6.45) is 0. The monoisotopic (exact) mass is 329 g/mol. The van der Waals surface area contributed by atoms with Crippen LogP contribution in [0.25, 0.3) is 22.2 Å². The highest BCUT2D eigenvalue weighted by Crippen LogP contribution is 2.30. The Morgan fingerprint density at radius 3 is 2.32 bits per heavy atom. The summed E-state index contributed by atoms with van der Waals surface area (Å²) in [6, 6.07) is 26.2. The molecule has 0 radical (unpaired) electrons. The van der Waals surface area contributed by atoms with Crippen LogP contribution < -0.4 is 4.74 Å². The second-order valence-corrected chi connectivity index (χ2v) is 5.80. The minimum atomic E-state index is -0.259. The topological polar surface area (TPSA) is 22.1 Å². The zero-order valence-corrected chi connectivity index (χ0v) is 13.5. The van der Waals surface area contributed by atoms with Crippen molar-refractivity contribution in [3.63, 3.8) is 0 Å². The number of para-hydroxylation sites is 1. The van der Waals surface area contributed by atoms with Crippen molar-refractivity contribution >= 4 is 10.9 Å². The summed E-state index contributed by atoms with van der Waals surface area (Å²) >= 11 is 0. The summed E-state index contributed by atoms with van der Waals surface area (Å²) in [5.74, 6) is 0.513. The van der Waals surface area contributed by atoms with Crippen molar-refractivity contribution in [2.45, 2.75) is 6.61 Å². The Balaban J connectivity index is 1.74.